The molecule has 3 rings (SSSR count). The zero-order valence-corrected chi connectivity index (χ0v) is 18.5. The van der Waals surface area contributed by atoms with E-state index in [4.69, 9.17) is 10.2 Å². The van der Waals surface area contributed by atoms with Crippen molar-refractivity contribution >= 4 is 5.97 Å². The van der Waals surface area contributed by atoms with Gasteiger partial charge in [0, 0.05) is 0 Å². The van der Waals surface area contributed by atoms with E-state index in [1.54, 1.807) is 54.6 Å². The van der Waals surface area contributed by atoms with Gasteiger partial charge in [-0.15, -0.1) is 0 Å². The Morgan fingerprint density at radius 3 is 1.55 bits per heavy atom. The second-order valence-corrected chi connectivity index (χ2v) is 7.13. The second kappa shape index (κ2) is 15.6. The molecule has 0 aliphatic heterocycles. The largest absolute Gasteiger partial charge is 0.508 e. The van der Waals surface area contributed by atoms with Crippen LogP contribution in [0.2, 0.25) is 0 Å². The highest BCUT2D eigenvalue weighted by molar-refractivity contribution is 5.89. The van der Waals surface area contributed by atoms with Crippen LogP contribution in [-0.2, 0) is 12.8 Å². The summed E-state index contributed by atoms with van der Waals surface area (Å²) in [6, 6.07) is 23.1. The predicted molar refractivity (Wildman–Crippen MR) is 127 cm³/mol. The fraction of sp³-hybridized carbons (Fsp3) is 0.296. The molecular formula is C27H34O4. The summed E-state index contributed by atoms with van der Waals surface area (Å²) in [4.78, 5) is 11.2. The second-order valence-electron chi connectivity index (χ2n) is 7.13. The van der Waals surface area contributed by atoms with Crippen molar-refractivity contribution in [1.29, 1.82) is 0 Å². The number of phenolic OH excluding ortho intramolecular Hbond substituents is 2. The van der Waals surface area contributed by atoms with Crippen molar-refractivity contribution in [1.82, 2.24) is 0 Å². The quantitative estimate of drug-likeness (QED) is 0.389. The number of aromatic hydroxyl groups is 2. The van der Waals surface area contributed by atoms with Gasteiger partial charge in [0.1, 0.15) is 11.5 Å². The standard InChI is InChI=1S/C15H22O2.2C6H6O/c1-3-5-8-12-9-7-11-14(15(16)17)13(12)10-6-4-2;2*7-6-4-2-1-3-5-6/h7,9,11H,3-6,8,10H2,1-2H3,(H,16,17);2*1-5,7H. The first-order chi connectivity index (χ1) is 15.0. The number of para-hydroxylation sites is 2. The summed E-state index contributed by atoms with van der Waals surface area (Å²) >= 11 is 0. The molecule has 0 atom stereocenters. The summed E-state index contributed by atoms with van der Waals surface area (Å²) in [6.45, 7) is 4.29. The van der Waals surface area contributed by atoms with Crippen LogP contribution >= 0.6 is 0 Å². The molecule has 4 nitrogen and oxygen atoms in total. The first-order valence-corrected chi connectivity index (χ1v) is 10.8. The van der Waals surface area contributed by atoms with E-state index in [1.165, 1.54) is 5.56 Å². The van der Waals surface area contributed by atoms with Crippen molar-refractivity contribution < 1.29 is 20.1 Å². The van der Waals surface area contributed by atoms with E-state index in [9.17, 15) is 9.90 Å². The van der Waals surface area contributed by atoms with Crippen molar-refractivity contribution in [3.63, 3.8) is 0 Å². The van der Waals surface area contributed by atoms with E-state index in [0.29, 0.717) is 17.1 Å². The Bertz CT molecular complexity index is 823. The molecule has 0 radical (unpaired) electrons. The molecule has 166 valence electrons. The summed E-state index contributed by atoms with van der Waals surface area (Å²) < 4.78 is 0. The van der Waals surface area contributed by atoms with Gasteiger partial charge in [0.05, 0.1) is 5.56 Å². The van der Waals surface area contributed by atoms with Gasteiger partial charge in [-0.3, -0.25) is 0 Å². The van der Waals surface area contributed by atoms with Crippen LogP contribution in [0.1, 0.15) is 61.0 Å². The molecule has 0 bridgehead atoms. The number of benzene rings is 3. The number of carbonyl (C=O) groups is 1. The van der Waals surface area contributed by atoms with Crippen LogP contribution in [0.4, 0.5) is 0 Å². The molecule has 0 saturated heterocycles. The Labute approximate surface area is 185 Å². The fourth-order valence-corrected chi connectivity index (χ4v) is 2.94. The van der Waals surface area contributed by atoms with Crippen LogP contribution in [0.5, 0.6) is 11.5 Å². The van der Waals surface area contributed by atoms with Crippen molar-refractivity contribution in [2.45, 2.75) is 52.4 Å². The lowest BCUT2D eigenvalue weighted by molar-refractivity contribution is 0.0695. The predicted octanol–water partition coefficient (Wildman–Crippen LogP) is 6.85. The highest BCUT2D eigenvalue weighted by Gasteiger charge is 2.12. The number of aromatic carboxylic acids is 1. The molecule has 0 saturated carbocycles. The number of hydrogen-bond donors (Lipinski definition) is 3. The molecule has 0 aliphatic rings. The summed E-state index contributed by atoms with van der Waals surface area (Å²) in [5, 5.41) is 26.5. The van der Waals surface area contributed by atoms with Crippen LogP contribution in [0.3, 0.4) is 0 Å². The lowest BCUT2D eigenvalue weighted by Gasteiger charge is -2.12. The molecular weight excluding hydrogens is 388 g/mol. The summed E-state index contributed by atoms with van der Waals surface area (Å²) in [7, 11) is 0. The Morgan fingerprint density at radius 2 is 1.16 bits per heavy atom. The third-order valence-corrected chi connectivity index (χ3v) is 4.60. The van der Waals surface area contributed by atoms with Gasteiger partial charge in [-0.05, 0) is 67.1 Å². The summed E-state index contributed by atoms with van der Waals surface area (Å²) in [5.74, 6) is -0.153. The molecule has 31 heavy (non-hydrogen) atoms. The van der Waals surface area contributed by atoms with E-state index in [1.807, 2.05) is 18.2 Å². The SMILES string of the molecule is CCCCc1cccc(C(=O)O)c1CCCC.Oc1ccccc1.Oc1ccccc1. The molecule has 0 aromatic heterocycles. The van der Waals surface area contributed by atoms with Gasteiger partial charge in [0.15, 0.2) is 0 Å². The van der Waals surface area contributed by atoms with E-state index in [0.717, 1.165) is 44.1 Å². The van der Waals surface area contributed by atoms with Gasteiger partial charge < -0.3 is 15.3 Å². The van der Waals surface area contributed by atoms with Gasteiger partial charge in [-0.1, -0.05) is 75.2 Å². The molecule has 3 aromatic carbocycles. The summed E-state index contributed by atoms with van der Waals surface area (Å²) in [6.07, 6.45) is 6.31. The van der Waals surface area contributed by atoms with E-state index < -0.39 is 5.97 Å². The third kappa shape index (κ3) is 10.9. The number of hydrogen-bond acceptors (Lipinski definition) is 3. The van der Waals surface area contributed by atoms with Crippen molar-refractivity contribution in [2.75, 3.05) is 0 Å². The minimum Gasteiger partial charge on any atom is -0.508 e. The molecule has 4 heteroatoms. The number of carboxylic acid groups (broad SMARTS) is 1. The number of phenols is 2. The van der Waals surface area contributed by atoms with Crippen molar-refractivity contribution in [2.24, 2.45) is 0 Å². The Balaban J connectivity index is 0.000000279. The molecule has 0 heterocycles. The molecule has 0 amide bonds. The number of unbranched alkanes of at least 4 members (excludes halogenated alkanes) is 2. The molecule has 3 N–H and O–H groups in total. The zero-order chi connectivity index (χ0) is 22.9. The minimum atomic E-state index is -0.797. The Hall–Kier alpha value is -3.27. The summed E-state index contributed by atoms with van der Waals surface area (Å²) in [5.41, 5.74) is 2.77. The highest BCUT2D eigenvalue weighted by Crippen LogP contribution is 2.20. The van der Waals surface area contributed by atoms with Crippen LogP contribution < -0.4 is 0 Å². The lowest BCUT2D eigenvalue weighted by atomic mass is 9.93. The average Bonchev–Trinajstić information content (AvgIpc) is 2.78. The van der Waals surface area contributed by atoms with Crippen LogP contribution in [0, 0.1) is 0 Å². The molecule has 3 aromatic rings. The van der Waals surface area contributed by atoms with E-state index in [2.05, 4.69) is 19.9 Å². The van der Waals surface area contributed by atoms with Gasteiger partial charge in [0.2, 0.25) is 0 Å². The minimum absolute atomic E-state index is 0.322. The number of aryl methyl sites for hydroxylation is 1. The maximum absolute atomic E-state index is 11.2. The highest BCUT2D eigenvalue weighted by atomic mass is 16.4. The average molecular weight is 423 g/mol. The Kier molecular flexibility index (Phi) is 12.9. The first-order valence-electron chi connectivity index (χ1n) is 10.8. The molecule has 0 fully saturated rings. The van der Waals surface area contributed by atoms with Gasteiger partial charge in [-0.2, -0.15) is 0 Å². The molecule has 0 spiro atoms. The zero-order valence-electron chi connectivity index (χ0n) is 18.5. The smallest absolute Gasteiger partial charge is 0.335 e. The number of carboxylic acids is 1. The van der Waals surface area contributed by atoms with E-state index in [-0.39, 0.29) is 0 Å². The normalized spacial score (nSPS) is 9.61. The van der Waals surface area contributed by atoms with Gasteiger partial charge >= 0.3 is 5.97 Å². The molecule has 0 aliphatic carbocycles. The Morgan fingerprint density at radius 1 is 0.677 bits per heavy atom. The fourth-order valence-electron chi connectivity index (χ4n) is 2.94. The topological polar surface area (TPSA) is 77.8 Å². The number of rotatable bonds is 7. The van der Waals surface area contributed by atoms with Gasteiger partial charge in [0.25, 0.3) is 0 Å². The van der Waals surface area contributed by atoms with Gasteiger partial charge in [-0.25, -0.2) is 4.79 Å². The van der Waals surface area contributed by atoms with Crippen LogP contribution in [-0.4, -0.2) is 21.3 Å². The van der Waals surface area contributed by atoms with Crippen molar-refractivity contribution in [3.8, 4) is 11.5 Å². The van der Waals surface area contributed by atoms with Crippen LogP contribution in [0.15, 0.2) is 78.9 Å². The first kappa shape index (κ1) is 25.8. The maximum atomic E-state index is 11.2. The maximum Gasteiger partial charge on any atom is 0.335 e. The molecule has 0 unspecified atom stereocenters. The third-order valence-electron chi connectivity index (χ3n) is 4.60. The lowest BCUT2D eigenvalue weighted by Crippen LogP contribution is -2.06. The van der Waals surface area contributed by atoms with Crippen molar-refractivity contribution in [3.05, 3.63) is 95.6 Å². The van der Waals surface area contributed by atoms with Crippen LogP contribution in [0.25, 0.3) is 0 Å². The monoisotopic (exact) mass is 422 g/mol. The van der Waals surface area contributed by atoms with E-state index >= 15 is 0 Å².